The predicted molar refractivity (Wildman–Crippen MR) is 94.6 cm³/mol. The zero-order valence-corrected chi connectivity index (χ0v) is 15.0. The number of aliphatic hydroxyl groups excluding tert-OH is 1. The summed E-state index contributed by atoms with van der Waals surface area (Å²) in [5.41, 5.74) is 0.425. The quantitative estimate of drug-likeness (QED) is 0.716. The summed E-state index contributed by atoms with van der Waals surface area (Å²) in [7, 11) is 0. The predicted octanol–water partition coefficient (Wildman–Crippen LogP) is 3.28. The van der Waals surface area contributed by atoms with Gasteiger partial charge in [-0.05, 0) is 26.3 Å². The molecule has 1 amide bonds. The largest absolute Gasteiger partial charge is 0.444 e. The van der Waals surface area contributed by atoms with E-state index in [1.54, 1.807) is 26.8 Å². The van der Waals surface area contributed by atoms with E-state index in [1.807, 2.05) is 37.3 Å². The number of amides is 1. The average Bonchev–Trinajstić information content (AvgIpc) is 2.51. The van der Waals surface area contributed by atoms with Crippen LogP contribution in [0, 0.1) is 5.92 Å². The van der Waals surface area contributed by atoms with Gasteiger partial charge in [0.25, 0.3) is 0 Å². The zero-order chi connectivity index (χ0) is 18.2. The molecular formula is C19H29NO4. The first-order chi connectivity index (χ1) is 11.2. The molecule has 0 fully saturated rings. The Morgan fingerprint density at radius 1 is 1.33 bits per heavy atom. The Labute approximate surface area is 144 Å². The normalized spacial score (nSPS) is 15.2. The Kier molecular flexibility index (Phi) is 7.95. The first-order valence-electron chi connectivity index (χ1n) is 8.14. The third-order valence-electron chi connectivity index (χ3n) is 3.43. The highest BCUT2D eigenvalue weighted by Gasteiger charge is 2.27. The molecule has 5 heteroatoms. The van der Waals surface area contributed by atoms with Gasteiger partial charge in [0.15, 0.2) is 0 Å². The smallest absolute Gasteiger partial charge is 0.408 e. The van der Waals surface area contributed by atoms with Gasteiger partial charge in [0, 0.05) is 5.92 Å². The lowest BCUT2D eigenvalue weighted by molar-refractivity contribution is 0.0105. The molecule has 0 aliphatic rings. The van der Waals surface area contributed by atoms with Crippen molar-refractivity contribution in [2.24, 2.45) is 5.92 Å². The molecule has 0 spiro atoms. The number of carbonyl (C=O) groups excluding carboxylic acids is 1. The second-order valence-corrected chi connectivity index (χ2v) is 6.84. The Morgan fingerprint density at radius 3 is 2.50 bits per heavy atom. The highest BCUT2D eigenvalue weighted by atomic mass is 16.6. The second kappa shape index (κ2) is 9.45. The molecule has 24 heavy (non-hydrogen) atoms. The van der Waals surface area contributed by atoms with Gasteiger partial charge in [0.1, 0.15) is 5.60 Å². The number of hydrogen-bond donors (Lipinski definition) is 2. The molecule has 0 saturated heterocycles. The van der Waals surface area contributed by atoms with E-state index in [2.05, 4.69) is 11.9 Å². The number of aliphatic hydroxyl groups is 1. The maximum atomic E-state index is 12.0. The van der Waals surface area contributed by atoms with E-state index >= 15 is 0 Å². The van der Waals surface area contributed by atoms with Crippen LogP contribution < -0.4 is 5.32 Å². The number of hydrogen-bond acceptors (Lipinski definition) is 4. The Balaban J connectivity index is 2.63. The number of rotatable bonds is 8. The fourth-order valence-electron chi connectivity index (χ4n) is 2.07. The van der Waals surface area contributed by atoms with E-state index in [0.29, 0.717) is 6.61 Å². The van der Waals surface area contributed by atoms with Gasteiger partial charge < -0.3 is 19.9 Å². The van der Waals surface area contributed by atoms with Crippen molar-refractivity contribution < 1.29 is 19.4 Å². The lowest BCUT2D eigenvalue weighted by Gasteiger charge is -2.28. The van der Waals surface area contributed by atoms with E-state index < -0.39 is 23.8 Å². The number of ether oxygens (including phenoxy) is 2. The van der Waals surface area contributed by atoms with Gasteiger partial charge in [-0.1, -0.05) is 43.3 Å². The first-order valence-corrected chi connectivity index (χ1v) is 8.14. The Morgan fingerprint density at radius 2 is 1.96 bits per heavy atom. The van der Waals surface area contributed by atoms with Crippen LogP contribution >= 0.6 is 0 Å². The van der Waals surface area contributed by atoms with Crippen molar-refractivity contribution in [2.45, 2.75) is 52.0 Å². The molecule has 1 rings (SSSR count). The van der Waals surface area contributed by atoms with Crippen LogP contribution in [0.4, 0.5) is 4.79 Å². The Bertz CT molecular complexity index is 510. The van der Waals surface area contributed by atoms with E-state index in [9.17, 15) is 9.90 Å². The summed E-state index contributed by atoms with van der Waals surface area (Å²) < 4.78 is 10.9. The summed E-state index contributed by atoms with van der Waals surface area (Å²) in [4.78, 5) is 12.0. The molecule has 0 bridgehead atoms. The molecule has 1 aromatic carbocycles. The van der Waals surface area contributed by atoms with Crippen molar-refractivity contribution in [1.29, 1.82) is 0 Å². The minimum absolute atomic E-state index is 0.174. The lowest BCUT2D eigenvalue weighted by Crippen LogP contribution is -2.49. The second-order valence-electron chi connectivity index (χ2n) is 6.84. The standard InChI is InChI=1S/C19H29NO4/c1-6-14(2)17(21)16(20-18(22)24-19(3,4)5)13-23-12-15-10-8-7-9-11-15/h6-11,14,16-17,21H,1,12-13H2,2-5H3,(H,20,22). The van der Waals surface area contributed by atoms with Crippen LogP contribution in [-0.4, -0.2) is 35.6 Å². The molecule has 0 aliphatic carbocycles. The van der Waals surface area contributed by atoms with E-state index in [4.69, 9.17) is 9.47 Å². The van der Waals surface area contributed by atoms with E-state index in [1.165, 1.54) is 0 Å². The first kappa shape index (κ1) is 20.2. The lowest BCUT2D eigenvalue weighted by atomic mass is 9.98. The molecular weight excluding hydrogens is 306 g/mol. The van der Waals surface area contributed by atoms with Crippen LogP contribution in [0.25, 0.3) is 0 Å². The van der Waals surface area contributed by atoms with Crippen LogP contribution in [0.5, 0.6) is 0 Å². The van der Waals surface area contributed by atoms with Gasteiger partial charge in [-0.2, -0.15) is 0 Å². The van der Waals surface area contributed by atoms with Crippen molar-refractivity contribution in [3.8, 4) is 0 Å². The zero-order valence-electron chi connectivity index (χ0n) is 15.0. The number of benzene rings is 1. The summed E-state index contributed by atoms with van der Waals surface area (Å²) in [6.07, 6.45) is 0.253. The molecule has 0 radical (unpaired) electrons. The average molecular weight is 335 g/mol. The molecule has 3 unspecified atom stereocenters. The summed E-state index contributed by atoms with van der Waals surface area (Å²) >= 11 is 0. The van der Waals surface area contributed by atoms with E-state index in [-0.39, 0.29) is 12.5 Å². The van der Waals surface area contributed by atoms with Gasteiger partial charge in [-0.25, -0.2) is 4.79 Å². The number of carbonyl (C=O) groups is 1. The van der Waals surface area contributed by atoms with E-state index in [0.717, 1.165) is 5.56 Å². The van der Waals surface area contributed by atoms with Gasteiger partial charge in [0.2, 0.25) is 0 Å². The summed E-state index contributed by atoms with van der Waals surface area (Å²) in [5.74, 6) is -0.190. The topological polar surface area (TPSA) is 67.8 Å². The SMILES string of the molecule is C=CC(C)C(O)C(COCc1ccccc1)NC(=O)OC(C)(C)C. The van der Waals surface area contributed by atoms with Crippen LogP contribution in [0.2, 0.25) is 0 Å². The monoisotopic (exact) mass is 335 g/mol. The molecule has 0 aliphatic heterocycles. The van der Waals surface area contributed by atoms with Crippen molar-refractivity contribution in [3.05, 3.63) is 48.6 Å². The van der Waals surface area contributed by atoms with Crippen molar-refractivity contribution in [1.82, 2.24) is 5.32 Å². The molecule has 0 heterocycles. The number of alkyl carbamates (subject to hydrolysis) is 1. The fourth-order valence-corrected chi connectivity index (χ4v) is 2.07. The highest BCUT2D eigenvalue weighted by Crippen LogP contribution is 2.12. The third kappa shape index (κ3) is 7.62. The minimum Gasteiger partial charge on any atom is -0.444 e. The maximum absolute atomic E-state index is 12.0. The van der Waals surface area contributed by atoms with Crippen LogP contribution in [0.15, 0.2) is 43.0 Å². The molecule has 5 nitrogen and oxygen atoms in total. The van der Waals surface area contributed by atoms with Crippen LogP contribution in [0.3, 0.4) is 0 Å². The van der Waals surface area contributed by atoms with Gasteiger partial charge in [-0.15, -0.1) is 6.58 Å². The van der Waals surface area contributed by atoms with Crippen molar-refractivity contribution in [3.63, 3.8) is 0 Å². The molecule has 1 aromatic rings. The fraction of sp³-hybridized carbons (Fsp3) is 0.526. The summed E-state index contributed by atoms with van der Waals surface area (Å²) in [6, 6.07) is 9.13. The van der Waals surface area contributed by atoms with Crippen molar-refractivity contribution >= 4 is 6.09 Å². The third-order valence-corrected chi connectivity index (χ3v) is 3.43. The summed E-state index contributed by atoms with van der Waals surface area (Å²) in [5, 5.41) is 13.1. The molecule has 0 aromatic heterocycles. The molecule has 2 N–H and O–H groups in total. The highest BCUT2D eigenvalue weighted by molar-refractivity contribution is 5.68. The van der Waals surface area contributed by atoms with Crippen LogP contribution in [-0.2, 0) is 16.1 Å². The maximum Gasteiger partial charge on any atom is 0.408 e. The van der Waals surface area contributed by atoms with Gasteiger partial charge in [-0.3, -0.25) is 0 Å². The summed E-state index contributed by atoms with van der Waals surface area (Å²) in [6.45, 7) is 11.5. The number of nitrogens with one attached hydrogen (secondary N) is 1. The molecule has 3 atom stereocenters. The molecule has 134 valence electrons. The van der Waals surface area contributed by atoms with Crippen LogP contribution in [0.1, 0.15) is 33.3 Å². The Hall–Kier alpha value is -1.85. The van der Waals surface area contributed by atoms with Gasteiger partial charge in [0.05, 0.1) is 25.4 Å². The minimum atomic E-state index is -0.814. The van der Waals surface area contributed by atoms with Crippen molar-refractivity contribution in [2.75, 3.05) is 6.61 Å². The van der Waals surface area contributed by atoms with Gasteiger partial charge >= 0.3 is 6.09 Å². The molecule has 0 saturated carbocycles.